The Bertz CT molecular complexity index is 1040. The Morgan fingerprint density at radius 1 is 0.939 bits per heavy atom. The van der Waals surface area contributed by atoms with Gasteiger partial charge in [-0.1, -0.05) is 84.4 Å². The van der Waals surface area contributed by atoms with E-state index in [-0.39, 0.29) is 12.7 Å². The molecule has 1 aliphatic carbocycles. The van der Waals surface area contributed by atoms with Crippen molar-refractivity contribution in [2.24, 2.45) is 0 Å². The monoisotopic (exact) mass is 443 g/mol. The average molecular weight is 444 g/mol. The number of benzene rings is 3. The van der Waals surface area contributed by atoms with Gasteiger partial charge in [-0.3, -0.25) is 4.84 Å². The molecule has 0 aromatic heterocycles. The molecule has 2 N–H and O–H groups in total. The van der Waals surface area contributed by atoms with Gasteiger partial charge in [-0.25, -0.2) is 10.3 Å². The largest absolute Gasteiger partial charge is 0.482 e. The lowest BCUT2D eigenvalue weighted by molar-refractivity contribution is -0.139. The molecule has 0 unspecified atom stereocenters. The fraction of sp³-hybridized carbons (Fsp3) is 0.250. The number of aliphatic carboxylic acids is 1. The van der Waals surface area contributed by atoms with Gasteiger partial charge in [-0.15, -0.1) is 0 Å². The molecule has 0 aliphatic heterocycles. The minimum absolute atomic E-state index is 0.161. The second-order valence-corrected chi connectivity index (χ2v) is 8.12. The molecule has 0 heterocycles. The number of rotatable bonds is 10. The fourth-order valence-electron chi connectivity index (χ4n) is 4.19. The number of hydroxylamine groups is 1. The molecule has 0 atom stereocenters. The number of carboxylic acids is 1. The number of nitrogens with one attached hydrogen (secondary N) is 1. The first-order valence-corrected chi connectivity index (χ1v) is 11.3. The highest BCUT2D eigenvalue weighted by atomic mass is 16.7. The number of allylic oxidation sites excluding steroid dienone is 1. The van der Waals surface area contributed by atoms with E-state index in [9.17, 15) is 4.79 Å². The lowest BCUT2D eigenvalue weighted by Crippen LogP contribution is -2.20. The molecule has 33 heavy (non-hydrogen) atoms. The third-order valence-electron chi connectivity index (χ3n) is 5.78. The van der Waals surface area contributed by atoms with Crippen LogP contribution >= 0.6 is 0 Å². The summed E-state index contributed by atoms with van der Waals surface area (Å²) in [5, 5.41) is 8.88. The minimum Gasteiger partial charge on any atom is -0.482 e. The molecule has 5 nitrogen and oxygen atoms in total. The quantitative estimate of drug-likeness (QED) is 0.254. The molecule has 0 saturated heterocycles. The van der Waals surface area contributed by atoms with Crippen LogP contribution in [0.5, 0.6) is 5.75 Å². The molecular formula is C28H29NO4. The number of fused-ring (bicyclic) bond motifs is 1. The molecular weight excluding hydrogens is 414 g/mol. The van der Waals surface area contributed by atoms with Crippen molar-refractivity contribution in [1.82, 2.24) is 5.48 Å². The second-order valence-electron chi connectivity index (χ2n) is 8.12. The predicted molar refractivity (Wildman–Crippen MR) is 128 cm³/mol. The molecule has 5 heteroatoms. The second kappa shape index (κ2) is 11.5. The van der Waals surface area contributed by atoms with Gasteiger partial charge in [-0.05, 0) is 54.0 Å². The summed E-state index contributed by atoms with van der Waals surface area (Å²) < 4.78 is 5.46. The highest BCUT2D eigenvalue weighted by Crippen LogP contribution is 2.32. The van der Waals surface area contributed by atoms with Crippen LogP contribution in [-0.2, 0) is 22.5 Å². The van der Waals surface area contributed by atoms with Gasteiger partial charge in [0.15, 0.2) is 6.61 Å². The van der Waals surface area contributed by atoms with Crippen molar-refractivity contribution in [2.75, 3.05) is 13.2 Å². The Hall–Kier alpha value is -3.41. The molecule has 0 bridgehead atoms. The van der Waals surface area contributed by atoms with Crippen LogP contribution < -0.4 is 10.2 Å². The number of carbonyl (C=O) groups is 1. The fourth-order valence-corrected chi connectivity index (χ4v) is 4.19. The third-order valence-corrected chi connectivity index (χ3v) is 5.78. The van der Waals surface area contributed by atoms with Crippen molar-refractivity contribution in [2.45, 2.75) is 31.8 Å². The molecule has 0 radical (unpaired) electrons. The van der Waals surface area contributed by atoms with Gasteiger partial charge in [0.1, 0.15) is 11.9 Å². The van der Waals surface area contributed by atoms with Gasteiger partial charge >= 0.3 is 5.97 Å². The van der Waals surface area contributed by atoms with Crippen LogP contribution in [0, 0.1) is 0 Å². The van der Waals surface area contributed by atoms with Gasteiger partial charge in [-0.2, -0.15) is 0 Å². The number of carboxylic acid groups (broad SMARTS) is 1. The predicted octanol–water partition coefficient (Wildman–Crippen LogP) is 5.27. The van der Waals surface area contributed by atoms with Crippen LogP contribution in [0.3, 0.4) is 0 Å². The number of hydrogen-bond acceptors (Lipinski definition) is 4. The minimum atomic E-state index is -0.958. The van der Waals surface area contributed by atoms with Crippen molar-refractivity contribution in [3.05, 3.63) is 113 Å². The summed E-state index contributed by atoms with van der Waals surface area (Å²) in [7, 11) is 0. The molecule has 0 fully saturated rings. The Morgan fingerprint density at radius 3 is 2.30 bits per heavy atom. The van der Waals surface area contributed by atoms with E-state index in [1.165, 1.54) is 11.1 Å². The summed E-state index contributed by atoms with van der Waals surface area (Å²) in [5.41, 5.74) is 9.12. The van der Waals surface area contributed by atoms with E-state index in [0.29, 0.717) is 12.3 Å². The summed E-state index contributed by atoms with van der Waals surface area (Å²) in [6, 6.07) is 26.3. The van der Waals surface area contributed by atoms with E-state index >= 15 is 0 Å². The topological polar surface area (TPSA) is 67.8 Å². The smallest absolute Gasteiger partial charge is 0.341 e. The van der Waals surface area contributed by atoms with E-state index in [2.05, 4.69) is 41.9 Å². The first-order chi connectivity index (χ1) is 16.2. The maximum absolute atomic E-state index is 10.8. The van der Waals surface area contributed by atoms with Crippen molar-refractivity contribution in [3.63, 3.8) is 0 Å². The highest BCUT2D eigenvalue weighted by Gasteiger charge is 2.18. The van der Waals surface area contributed by atoms with Gasteiger partial charge in [0, 0.05) is 6.54 Å². The standard InChI is InChI=1S/C28H29NO4/c30-27(31)20-32-26-15-7-14-24-19-21(16-17-25(24)26)9-8-18-29-33-28(22-10-3-1-4-11-22)23-12-5-2-6-13-23/h1-7,9-15,28-29H,8,16-20H2,(H,30,31). The zero-order valence-electron chi connectivity index (χ0n) is 18.6. The van der Waals surface area contributed by atoms with Crippen molar-refractivity contribution in [3.8, 4) is 5.75 Å². The van der Waals surface area contributed by atoms with Crippen molar-refractivity contribution in [1.29, 1.82) is 0 Å². The first-order valence-electron chi connectivity index (χ1n) is 11.3. The first kappa shape index (κ1) is 22.8. The molecule has 0 spiro atoms. The van der Waals surface area contributed by atoms with Crippen LogP contribution in [0.1, 0.15) is 41.2 Å². The van der Waals surface area contributed by atoms with Gasteiger partial charge in [0.2, 0.25) is 0 Å². The third kappa shape index (κ3) is 6.31. The lowest BCUT2D eigenvalue weighted by atomic mass is 9.87. The molecule has 0 amide bonds. The van der Waals surface area contributed by atoms with Gasteiger partial charge in [0.05, 0.1) is 0 Å². The lowest BCUT2D eigenvalue weighted by Gasteiger charge is -2.22. The average Bonchev–Trinajstić information content (AvgIpc) is 2.85. The molecule has 170 valence electrons. The van der Waals surface area contributed by atoms with Crippen LogP contribution in [0.15, 0.2) is 90.5 Å². The number of hydrogen-bond donors (Lipinski definition) is 2. The number of ether oxygens (including phenoxy) is 1. The molecule has 3 aromatic rings. The van der Waals surface area contributed by atoms with Crippen LogP contribution in [0.2, 0.25) is 0 Å². The molecule has 4 rings (SSSR count). The maximum atomic E-state index is 10.8. The van der Waals surface area contributed by atoms with E-state index in [1.54, 1.807) is 0 Å². The van der Waals surface area contributed by atoms with E-state index in [4.69, 9.17) is 14.7 Å². The Morgan fingerprint density at radius 2 is 1.64 bits per heavy atom. The van der Waals surface area contributed by atoms with Gasteiger partial charge in [0.25, 0.3) is 0 Å². The molecule has 0 saturated carbocycles. The highest BCUT2D eigenvalue weighted by molar-refractivity contribution is 5.68. The zero-order valence-corrected chi connectivity index (χ0v) is 18.6. The van der Waals surface area contributed by atoms with Crippen molar-refractivity contribution >= 4 is 5.97 Å². The van der Waals surface area contributed by atoms with Gasteiger partial charge < -0.3 is 9.84 Å². The van der Waals surface area contributed by atoms with Crippen molar-refractivity contribution < 1.29 is 19.5 Å². The van der Waals surface area contributed by atoms with Crippen LogP contribution in [-0.4, -0.2) is 24.2 Å². The van der Waals surface area contributed by atoms with E-state index in [0.717, 1.165) is 42.4 Å². The Labute approximate surface area is 194 Å². The maximum Gasteiger partial charge on any atom is 0.341 e. The van der Waals surface area contributed by atoms with Crippen LogP contribution in [0.25, 0.3) is 0 Å². The molecule has 1 aliphatic rings. The normalized spacial score (nSPS) is 14.3. The Kier molecular flexibility index (Phi) is 7.90. The summed E-state index contributed by atoms with van der Waals surface area (Å²) in [6.45, 7) is 0.409. The summed E-state index contributed by atoms with van der Waals surface area (Å²) in [4.78, 5) is 16.9. The summed E-state index contributed by atoms with van der Waals surface area (Å²) >= 11 is 0. The summed E-state index contributed by atoms with van der Waals surface area (Å²) in [6.07, 6.45) is 5.69. The van der Waals surface area contributed by atoms with E-state index < -0.39 is 5.97 Å². The summed E-state index contributed by atoms with van der Waals surface area (Å²) in [5.74, 6) is -0.266. The molecule has 3 aromatic carbocycles. The SMILES string of the molecule is O=C(O)COc1cccc2c1CCC(=CCCNOC(c1ccccc1)c1ccccc1)C2. The van der Waals surface area contributed by atoms with Crippen LogP contribution in [0.4, 0.5) is 0 Å². The van der Waals surface area contributed by atoms with E-state index in [1.807, 2.05) is 48.5 Å². The Balaban J connectivity index is 1.31. The zero-order chi connectivity index (χ0) is 22.9.